The molecule has 2 aromatic heterocycles. The lowest BCUT2D eigenvalue weighted by Crippen LogP contribution is -2.06. The number of hydrogen-bond acceptors (Lipinski definition) is 5. The number of carboxylic acids is 1. The van der Waals surface area contributed by atoms with Gasteiger partial charge in [0.15, 0.2) is 17.1 Å². The summed E-state index contributed by atoms with van der Waals surface area (Å²) in [5.41, 5.74) is 0.742. The number of carboxylic acid groups (broad SMARTS) is 1. The van der Waals surface area contributed by atoms with Crippen LogP contribution in [0.5, 0.6) is 11.5 Å². The molecule has 7 heteroatoms. The van der Waals surface area contributed by atoms with Crippen molar-refractivity contribution >= 4 is 16.9 Å². The minimum absolute atomic E-state index is 0.0481. The number of aromatic nitrogens is 2. The van der Waals surface area contributed by atoms with Crippen molar-refractivity contribution in [2.45, 2.75) is 6.54 Å². The molecule has 0 aliphatic heterocycles. The first-order valence-corrected chi connectivity index (χ1v) is 7.03. The number of benzene rings is 1. The third-order valence-electron chi connectivity index (χ3n) is 3.69. The molecular weight excluding hydrogens is 310 g/mol. The molecule has 7 nitrogen and oxygen atoms in total. The van der Waals surface area contributed by atoms with Crippen LogP contribution in [0.3, 0.4) is 0 Å². The largest absolute Gasteiger partial charge is 0.505 e. The van der Waals surface area contributed by atoms with Crippen molar-refractivity contribution in [2.75, 3.05) is 7.11 Å². The predicted molar refractivity (Wildman–Crippen MR) is 85.2 cm³/mol. The molecular formula is C17H13N3O4. The second kappa shape index (κ2) is 5.93. The van der Waals surface area contributed by atoms with Crippen LogP contribution in [0.2, 0.25) is 0 Å². The highest BCUT2D eigenvalue weighted by atomic mass is 16.5. The maximum atomic E-state index is 11.1. The molecule has 0 spiro atoms. The highest BCUT2D eigenvalue weighted by Crippen LogP contribution is 2.31. The Morgan fingerprint density at radius 1 is 1.42 bits per heavy atom. The minimum Gasteiger partial charge on any atom is -0.505 e. The summed E-state index contributed by atoms with van der Waals surface area (Å²) in [6.45, 7) is 0.420. The van der Waals surface area contributed by atoms with E-state index >= 15 is 0 Å². The first-order chi connectivity index (χ1) is 11.5. The second-order valence-electron chi connectivity index (χ2n) is 5.13. The Morgan fingerprint density at radius 3 is 2.88 bits per heavy atom. The molecule has 1 aromatic carbocycles. The number of methoxy groups -OCH3 is 1. The lowest BCUT2D eigenvalue weighted by atomic mass is 10.2. The van der Waals surface area contributed by atoms with Gasteiger partial charge in [-0.1, -0.05) is 12.1 Å². The van der Waals surface area contributed by atoms with Crippen LogP contribution in [-0.4, -0.2) is 32.8 Å². The lowest BCUT2D eigenvalue weighted by molar-refractivity contribution is 0.0687. The van der Waals surface area contributed by atoms with Gasteiger partial charge in [0.1, 0.15) is 11.8 Å². The maximum absolute atomic E-state index is 11.1. The van der Waals surface area contributed by atoms with E-state index in [0.29, 0.717) is 17.8 Å². The smallest absolute Gasteiger partial charge is 0.358 e. The Bertz CT molecular complexity index is 985. The normalized spacial score (nSPS) is 10.5. The van der Waals surface area contributed by atoms with Crippen molar-refractivity contribution in [3.63, 3.8) is 0 Å². The molecule has 24 heavy (non-hydrogen) atoms. The number of rotatable bonds is 4. The van der Waals surface area contributed by atoms with Crippen molar-refractivity contribution in [1.82, 2.24) is 9.55 Å². The third kappa shape index (κ3) is 2.50. The fraction of sp³-hybridized carbons (Fsp3) is 0.118. The van der Waals surface area contributed by atoms with Crippen LogP contribution < -0.4 is 4.74 Å². The van der Waals surface area contributed by atoms with Gasteiger partial charge in [0.2, 0.25) is 0 Å². The lowest BCUT2D eigenvalue weighted by Gasteiger charge is -2.09. The van der Waals surface area contributed by atoms with Gasteiger partial charge < -0.3 is 19.5 Å². The average molecular weight is 323 g/mol. The highest BCUT2D eigenvalue weighted by Gasteiger charge is 2.20. The van der Waals surface area contributed by atoms with E-state index in [-0.39, 0.29) is 11.1 Å². The van der Waals surface area contributed by atoms with Crippen LogP contribution in [0, 0.1) is 11.3 Å². The molecule has 0 saturated carbocycles. The molecule has 2 heterocycles. The van der Waals surface area contributed by atoms with Gasteiger partial charge in [0, 0.05) is 18.1 Å². The van der Waals surface area contributed by atoms with Crippen LogP contribution in [0.25, 0.3) is 10.9 Å². The number of nitrogens with zero attached hydrogens (tertiary/aromatic N) is 3. The number of ether oxygens (including phenoxy) is 1. The molecule has 0 aliphatic carbocycles. The van der Waals surface area contributed by atoms with E-state index in [1.165, 1.54) is 0 Å². The van der Waals surface area contributed by atoms with E-state index in [2.05, 4.69) is 4.98 Å². The summed E-state index contributed by atoms with van der Waals surface area (Å²) in [7, 11) is 1.58. The summed E-state index contributed by atoms with van der Waals surface area (Å²) < 4.78 is 6.93. The monoisotopic (exact) mass is 323 g/mol. The molecule has 0 amide bonds. The molecule has 0 radical (unpaired) electrons. The number of pyridine rings is 1. The summed E-state index contributed by atoms with van der Waals surface area (Å²) in [6, 6.07) is 10.9. The van der Waals surface area contributed by atoms with Gasteiger partial charge >= 0.3 is 5.97 Å². The molecule has 0 fully saturated rings. The molecule has 3 rings (SSSR count). The van der Waals surface area contributed by atoms with Crippen molar-refractivity contribution in [3.05, 3.63) is 53.5 Å². The van der Waals surface area contributed by atoms with Crippen molar-refractivity contribution in [3.8, 4) is 17.6 Å². The zero-order chi connectivity index (χ0) is 17.3. The molecule has 0 unspecified atom stereocenters. The summed E-state index contributed by atoms with van der Waals surface area (Å²) in [6.07, 6.45) is 1.68. The zero-order valence-corrected chi connectivity index (χ0v) is 12.7. The molecule has 0 aliphatic rings. The van der Waals surface area contributed by atoms with Gasteiger partial charge in [0.25, 0.3) is 0 Å². The molecule has 0 bridgehead atoms. The zero-order valence-electron chi connectivity index (χ0n) is 12.7. The quantitative estimate of drug-likeness (QED) is 0.763. The fourth-order valence-electron chi connectivity index (χ4n) is 2.60. The number of nitriles is 1. The number of carbonyl (C=O) groups is 1. The SMILES string of the molecule is COc1cccc(Cn2ccc3c(O)c(C(=O)O)nc(C#N)c32)c1. The van der Waals surface area contributed by atoms with E-state index in [1.807, 2.05) is 30.3 Å². The number of aromatic hydroxyl groups is 1. The van der Waals surface area contributed by atoms with Crippen molar-refractivity contribution in [2.24, 2.45) is 0 Å². The van der Waals surface area contributed by atoms with Gasteiger partial charge in [0.05, 0.1) is 12.6 Å². The van der Waals surface area contributed by atoms with Crippen LogP contribution >= 0.6 is 0 Å². The molecule has 120 valence electrons. The summed E-state index contributed by atoms with van der Waals surface area (Å²) in [5.74, 6) is -1.12. The van der Waals surface area contributed by atoms with E-state index in [9.17, 15) is 15.2 Å². The number of fused-ring (bicyclic) bond motifs is 1. The van der Waals surface area contributed by atoms with Gasteiger partial charge in [-0.2, -0.15) is 5.26 Å². The third-order valence-corrected chi connectivity index (χ3v) is 3.69. The summed E-state index contributed by atoms with van der Waals surface area (Å²) in [5, 5.41) is 28.8. The summed E-state index contributed by atoms with van der Waals surface area (Å²) in [4.78, 5) is 14.9. The Labute approximate surface area is 137 Å². The fourth-order valence-corrected chi connectivity index (χ4v) is 2.60. The van der Waals surface area contributed by atoms with Gasteiger partial charge in [-0.05, 0) is 23.8 Å². The minimum atomic E-state index is -1.38. The first-order valence-electron chi connectivity index (χ1n) is 7.03. The van der Waals surface area contributed by atoms with E-state index < -0.39 is 17.4 Å². The highest BCUT2D eigenvalue weighted by molar-refractivity contribution is 5.99. The van der Waals surface area contributed by atoms with Crippen LogP contribution in [-0.2, 0) is 6.54 Å². The second-order valence-corrected chi connectivity index (χ2v) is 5.13. The standard InChI is InChI=1S/C17H13N3O4/c1-24-11-4-2-3-10(7-11)9-20-6-5-12-15(20)13(8-18)19-14(16(12)21)17(22)23/h2-7,21H,9H2,1H3,(H,22,23). The Hall–Kier alpha value is -3.53. The van der Waals surface area contributed by atoms with E-state index in [4.69, 9.17) is 9.84 Å². The molecule has 2 N–H and O–H groups in total. The van der Waals surface area contributed by atoms with Crippen LogP contribution in [0.4, 0.5) is 0 Å². The van der Waals surface area contributed by atoms with E-state index in [1.54, 1.807) is 23.9 Å². The molecule has 3 aromatic rings. The Morgan fingerprint density at radius 2 is 2.21 bits per heavy atom. The van der Waals surface area contributed by atoms with Crippen molar-refractivity contribution in [1.29, 1.82) is 5.26 Å². The summed E-state index contributed by atoms with van der Waals surface area (Å²) >= 11 is 0. The van der Waals surface area contributed by atoms with E-state index in [0.717, 1.165) is 5.56 Å². The van der Waals surface area contributed by atoms with Crippen LogP contribution in [0.15, 0.2) is 36.5 Å². The van der Waals surface area contributed by atoms with Gasteiger partial charge in [-0.25, -0.2) is 9.78 Å². The van der Waals surface area contributed by atoms with Gasteiger partial charge in [-0.15, -0.1) is 0 Å². The number of aromatic carboxylic acids is 1. The average Bonchev–Trinajstić information content (AvgIpc) is 3.00. The number of hydrogen-bond donors (Lipinski definition) is 2. The topological polar surface area (TPSA) is 108 Å². The predicted octanol–water partition coefficient (Wildman–Crippen LogP) is 2.37. The molecule has 0 saturated heterocycles. The molecule has 0 atom stereocenters. The van der Waals surface area contributed by atoms with Gasteiger partial charge in [-0.3, -0.25) is 0 Å². The maximum Gasteiger partial charge on any atom is 0.358 e. The van der Waals surface area contributed by atoms with Crippen LogP contribution in [0.1, 0.15) is 21.7 Å². The Balaban J connectivity index is 2.15. The first kappa shape index (κ1) is 15.4. The Kier molecular flexibility index (Phi) is 3.80. The van der Waals surface area contributed by atoms with Crippen molar-refractivity contribution < 1.29 is 19.7 Å².